The summed E-state index contributed by atoms with van der Waals surface area (Å²) in [5.74, 6) is 2.96. The van der Waals surface area contributed by atoms with Gasteiger partial charge in [0, 0.05) is 59.6 Å². The predicted octanol–water partition coefficient (Wildman–Crippen LogP) is 21.1. The summed E-state index contributed by atoms with van der Waals surface area (Å²) in [6, 6.07) is 129. The van der Waals surface area contributed by atoms with Gasteiger partial charge in [0.1, 0.15) is 0 Å². The van der Waals surface area contributed by atoms with Crippen molar-refractivity contribution in [2.24, 2.45) is 0 Å². The second-order valence-corrected chi connectivity index (χ2v) is 33.5. The van der Waals surface area contributed by atoms with Crippen LogP contribution in [0.25, 0.3) is 101 Å². The Morgan fingerprint density at radius 2 is 0.459 bits per heavy atom. The van der Waals surface area contributed by atoms with E-state index in [0.717, 1.165) is 104 Å². The first kappa shape index (κ1) is 75.6. The third kappa shape index (κ3) is 16.9. The van der Waals surface area contributed by atoms with Gasteiger partial charge in [0.25, 0.3) is 0 Å². The van der Waals surface area contributed by atoms with Gasteiger partial charge >= 0.3 is 7.12 Å². The van der Waals surface area contributed by atoms with Crippen LogP contribution in [0.1, 0.15) is 27.7 Å². The Hall–Kier alpha value is -12.2. The van der Waals surface area contributed by atoms with Crippen LogP contribution in [-0.2, 0) is 18.4 Å². The molecule has 3 heterocycles. The topological polar surface area (TPSA) is 130 Å². The molecule has 0 saturated carbocycles. The molecule has 0 N–H and O–H groups in total. The van der Waals surface area contributed by atoms with Gasteiger partial charge in [-0.25, -0.2) is 19.9 Å². The van der Waals surface area contributed by atoms with Gasteiger partial charge in [0.15, 0.2) is 43.4 Å². The van der Waals surface area contributed by atoms with Gasteiger partial charge in [0.05, 0.1) is 11.2 Å². The van der Waals surface area contributed by atoms with Crippen molar-refractivity contribution in [3.8, 4) is 101 Å². The van der Waals surface area contributed by atoms with Crippen LogP contribution in [-0.4, -0.2) is 48.2 Å². The van der Waals surface area contributed by atoms with Gasteiger partial charge in [0.2, 0.25) is 5.28 Å². The summed E-state index contributed by atoms with van der Waals surface area (Å²) >= 11 is 6.11. The normalized spacial score (nSPS) is 12.8. The molecule has 0 amide bonds. The molecule has 0 bridgehead atoms. The van der Waals surface area contributed by atoms with Crippen LogP contribution in [0, 0.1) is 7.43 Å². The Morgan fingerprint density at radius 1 is 0.243 bits per heavy atom. The van der Waals surface area contributed by atoms with Gasteiger partial charge in [-0.1, -0.05) is 382 Å². The molecule has 0 aliphatic carbocycles. The standard InChI is InChI=1S/C45H32N3OP.C30H30BO3P.C21H14ClN3.CH3/c49-50(40-20-9-3-10-21-40,41-22-11-4-12-23-41)42-30-28-35(29-31-42)38-18-13-19-39(32-38)45-47-43(36-16-7-2-8-17-36)46-44(48-45)37-26-24-34(25-27-37)33-14-5-1-6-15-33;1-29(2)30(3,4)34-31(33-29)25-13-11-12-24(22-25)23-18-20-28(21-19-23)35(32,26-14-7-5-8-15-26)27-16-9-6-10-17-27;22-21-24-19(17-9-5-2-6-10-17)23-20(25-21)18-13-11-16(12-14-18)15-7-3-1-4-8-15;/h1-32H;5-22H,1-4H3;1-14H;1H3/q;;;-1. The Labute approximate surface area is 655 Å². The maximum absolute atomic E-state index is 14.9. The quantitative estimate of drug-likeness (QED) is 0.0524. The molecule has 1 saturated heterocycles. The fraction of sp³-hybridized carbons (Fsp3) is 0.0619. The maximum atomic E-state index is 14.9. The lowest BCUT2D eigenvalue weighted by Crippen LogP contribution is -2.41. The van der Waals surface area contributed by atoms with Crippen LogP contribution in [0.2, 0.25) is 5.28 Å². The number of aromatic nitrogens is 6. The maximum Gasteiger partial charge on any atom is 0.494 e. The minimum Gasteiger partial charge on any atom is -0.399 e. The summed E-state index contributed by atoms with van der Waals surface area (Å²) in [4.78, 5) is 27.9. The van der Waals surface area contributed by atoms with E-state index in [4.69, 9.17) is 35.9 Å². The van der Waals surface area contributed by atoms with E-state index in [1.165, 1.54) is 5.56 Å². The number of nitrogens with zero attached hydrogens (tertiary/aromatic N) is 6. The van der Waals surface area contributed by atoms with Crippen LogP contribution in [0.15, 0.2) is 388 Å². The van der Waals surface area contributed by atoms with Gasteiger partial charge in [-0.15, -0.1) is 0 Å². The number of hydrogen-bond donors (Lipinski definition) is 0. The molecule has 0 radical (unpaired) electrons. The van der Waals surface area contributed by atoms with E-state index < -0.39 is 21.4 Å². The highest BCUT2D eigenvalue weighted by molar-refractivity contribution is 7.85. The molecular weight excluding hydrogens is 1420 g/mol. The molecule has 0 spiro atoms. The van der Waals surface area contributed by atoms with Crippen molar-refractivity contribution in [1.82, 2.24) is 29.9 Å². The number of benzene rings is 14. The average Bonchev–Trinajstić information content (AvgIpc) is 1.48. The molecule has 1 aliphatic heterocycles. The number of halogens is 1. The minimum absolute atomic E-state index is 0. The Balaban J connectivity index is 0.000000147. The summed E-state index contributed by atoms with van der Waals surface area (Å²) in [5.41, 5.74) is 13.5. The van der Waals surface area contributed by atoms with E-state index in [0.29, 0.717) is 29.1 Å². The number of rotatable bonds is 16. The Bertz CT molecular complexity index is 5790. The van der Waals surface area contributed by atoms with Crippen molar-refractivity contribution in [3.63, 3.8) is 0 Å². The fourth-order valence-electron chi connectivity index (χ4n) is 13.3. The molecule has 14 aromatic carbocycles. The summed E-state index contributed by atoms with van der Waals surface area (Å²) in [6.45, 7) is 8.25. The van der Waals surface area contributed by atoms with E-state index in [2.05, 4.69) is 152 Å². The average molecular weight is 1500 g/mol. The predicted molar refractivity (Wildman–Crippen MR) is 461 cm³/mol. The SMILES string of the molecule is CC1(C)OB(c2cccc(-c3ccc(P(=O)(c4ccccc4)c4ccccc4)cc3)c2)OC1(C)C.Clc1nc(-c2ccccc2)nc(-c2ccc(-c3ccccc3)cc2)n1.O=P(c1ccccc1)(c1ccccc1)c1ccc(-c2cccc(-c3nc(-c4ccccc4)nc(-c4ccc(-c5ccccc5)cc4)n3)c2)cc1.[CH3-]. The molecule has 17 rings (SSSR count). The summed E-state index contributed by atoms with van der Waals surface area (Å²) in [6.07, 6.45) is 0. The van der Waals surface area contributed by atoms with Crippen LogP contribution in [0.4, 0.5) is 0 Å². The smallest absolute Gasteiger partial charge is 0.399 e. The number of hydrogen-bond acceptors (Lipinski definition) is 10. The highest BCUT2D eigenvalue weighted by atomic mass is 35.5. The van der Waals surface area contributed by atoms with Crippen molar-refractivity contribution < 1.29 is 18.4 Å². The van der Waals surface area contributed by atoms with Crippen molar-refractivity contribution in [2.75, 3.05) is 0 Å². The monoisotopic (exact) mass is 1500 g/mol. The third-order valence-electron chi connectivity index (χ3n) is 19.9. The van der Waals surface area contributed by atoms with Gasteiger partial charge in [-0.05, 0) is 95.3 Å². The molecular formula is C97H79BClN6O4P2-. The molecule has 0 atom stereocenters. The van der Waals surface area contributed by atoms with Crippen LogP contribution in [0.5, 0.6) is 0 Å². The Morgan fingerprint density at radius 3 is 0.802 bits per heavy atom. The van der Waals surface area contributed by atoms with Crippen LogP contribution >= 0.6 is 25.9 Å². The molecule has 0 unspecified atom stereocenters. The summed E-state index contributed by atoms with van der Waals surface area (Å²) < 4.78 is 41.9. The lowest BCUT2D eigenvalue weighted by molar-refractivity contribution is 0.00578. The van der Waals surface area contributed by atoms with Crippen molar-refractivity contribution >= 4 is 70.3 Å². The molecule has 542 valence electrons. The molecule has 2 aromatic heterocycles. The van der Waals surface area contributed by atoms with Crippen molar-refractivity contribution in [2.45, 2.75) is 38.9 Å². The van der Waals surface area contributed by atoms with Crippen molar-refractivity contribution in [1.29, 1.82) is 0 Å². The lowest BCUT2D eigenvalue weighted by atomic mass is 9.78. The highest BCUT2D eigenvalue weighted by Crippen LogP contribution is 2.45. The van der Waals surface area contributed by atoms with Crippen LogP contribution < -0.4 is 37.3 Å². The van der Waals surface area contributed by atoms with E-state index in [9.17, 15) is 9.13 Å². The molecule has 16 aromatic rings. The lowest BCUT2D eigenvalue weighted by Gasteiger charge is -2.32. The third-order valence-corrected chi connectivity index (χ3v) is 26.3. The van der Waals surface area contributed by atoms with E-state index in [1.807, 2.05) is 279 Å². The second kappa shape index (κ2) is 33.8. The molecule has 14 heteroatoms. The van der Waals surface area contributed by atoms with Gasteiger partial charge in [-0.2, -0.15) is 9.97 Å². The van der Waals surface area contributed by atoms with Crippen molar-refractivity contribution in [3.05, 3.63) is 401 Å². The summed E-state index contributed by atoms with van der Waals surface area (Å²) in [7, 11) is -6.45. The molecule has 10 nitrogen and oxygen atoms in total. The van der Waals surface area contributed by atoms with Gasteiger partial charge < -0.3 is 25.9 Å². The zero-order valence-electron chi connectivity index (χ0n) is 62.1. The van der Waals surface area contributed by atoms with Crippen LogP contribution in [0.3, 0.4) is 0 Å². The second-order valence-electron chi connectivity index (χ2n) is 27.6. The zero-order chi connectivity index (χ0) is 75.5. The first-order valence-electron chi connectivity index (χ1n) is 36.5. The highest BCUT2D eigenvalue weighted by Gasteiger charge is 2.51. The van der Waals surface area contributed by atoms with E-state index >= 15 is 0 Å². The fourth-order valence-corrected chi connectivity index (χ4v) is 18.7. The molecule has 1 fully saturated rings. The largest absolute Gasteiger partial charge is 0.494 e. The Kier molecular flexibility index (Phi) is 23.0. The van der Waals surface area contributed by atoms with E-state index in [-0.39, 0.29) is 23.9 Å². The summed E-state index contributed by atoms with van der Waals surface area (Å²) in [5, 5.41) is 5.11. The van der Waals surface area contributed by atoms with Gasteiger partial charge in [-0.3, -0.25) is 0 Å². The minimum atomic E-state index is -3.06. The first-order valence-corrected chi connectivity index (χ1v) is 40.3. The molecule has 1 aliphatic rings. The van der Waals surface area contributed by atoms with E-state index in [1.54, 1.807) is 0 Å². The zero-order valence-corrected chi connectivity index (χ0v) is 64.7. The first-order chi connectivity index (χ1) is 53.6. The molecule has 111 heavy (non-hydrogen) atoms.